The van der Waals surface area contributed by atoms with Gasteiger partial charge in [0, 0.05) is 17.1 Å². The van der Waals surface area contributed by atoms with Gasteiger partial charge in [-0.2, -0.15) is 0 Å². The quantitative estimate of drug-likeness (QED) is 0.0931. The lowest BCUT2D eigenvalue weighted by atomic mass is 9.71. The maximum Gasteiger partial charge on any atom is 0.231 e. The predicted octanol–water partition coefficient (Wildman–Crippen LogP) is 8.37. The van der Waals surface area contributed by atoms with Crippen LogP contribution in [0.15, 0.2) is 145 Å². The summed E-state index contributed by atoms with van der Waals surface area (Å²) in [6.07, 6.45) is 0.647. The maximum absolute atomic E-state index is 12.7. The van der Waals surface area contributed by atoms with Crippen molar-refractivity contribution in [3.8, 4) is 11.5 Å². The van der Waals surface area contributed by atoms with E-state index >= 15 is 0 Å². The van der Waals surface area contributed by atoms with Crippen LogP contribution in [0.1, 0.15) is 31.7 Å². The molecule has 3 unspecified atom stereocenters. The summed E-state index contributed by atoms with van der Waals surface area (Å²) >= 11 is 2.23. The average molecular weight is 771 g/mol. The van der Waals surface area contributed by atoms with E-state index in [4.69, 9.17) is 14.2 Å². The van der Waals surface area contributed by atoms with Crippen molar-refractivity contribution in [1.29, 1.82) is 0 Å². The Hall–Kier alpha value is -3.37. The molecule has 1 aliphatic heterocycles. The van der Waals surface area contributed by atoms with Crippen LogP contribution in [0.25, 0.3) is 0 Å². The maximum atomic E-state index is 12.7. The summed E-state index contributed by atoms with van der Waals surface area (Å²) in [5.74, 6) is 2.12. The third kappa shape index (κ3) is 5.96. The molecule has 238 valence electrons. The standard InChI is InChI=1S/C40H37IO4P2/c1-28-25-34(43-26-41)38(42)37(40(28,2)47(31-19-11-5-12-20-31)32-21-13-6-14-22-32)36-35(24-23-33-39(36)45-27-44-33)46(29-15-7-3-8-16-29)30-17-9-4-10-18-30/h3-24,28,37,42H,25-27H2,1-2H3. The molecule has 0 radical (unpaired) electrons. The molecular formula is C40H37IO4P2. The first kappa shape index (κ1) is 32.2. The highest BCUT2D eigenvalue weighted by atomic mass is 127. The zero-order valence-corrected chi connectivity index (χ0v) is 30.4. The van der Waals surface area contributed by atoms with E-state index in [2.05, 4.69) is 164 Å². The Balaban J connectivity index is 1.56. The molecule has 2 aliphatic rings. The van der Waals surface area contributed by atoms with Crippen molar-refractivity contribution >= 4 is 65.0 Å². The van der Waals surface area contributed by atoms with E-state index in [0.717, 1.165) is 16.6 Å². The molecule has 5 aromatic rings. The molecule has 0 bridgehead atoms. The van der Waals surface area contributed by atoms with Crippen molar-refractivity contribution in [3.63, 3.8) is 0 Å². The van der Waals surface area contributed by atoms with Crippen molar-refractivity contribution in [2.75, 3.05) is 11.4 Å². The molecule has 47 heavy (non-hydrogen) atoms. The molecule has 3 atom stereocenters. The van der Waals surface area contributed by atoms with Crippen LogP contribution in [0.4, 0.5) is 0 Å². The van der Waals surface area contributed by atoms with Gasteiger partial charge in [-0.3, -0.25) is 0 Å². The zero-order valence-electron chi connectivity index (χ0n) is 26.4. The zero-order chi connectivity index (χ0) is 32.4. The molecule has 7 rings (SSSR count). The van der Waals surface area contributed by atoms with Gasteiger partial charge in [-0.05, 0) is 83.0 Å². The van der Waals surface area contributed by atoms with Crippen LogP contribution in [-0.2, 0) is 4.74 Å². The second-order valence-corrected chi connectivity index (χ2v) is 17.5. The van der Waals surface area contributed by atoms with E-state index in [1.165, 1.54) is 21.2 Å². The Bertz CT molecular complexity index is 1770. The molecule has 1 heterocycles. The number of ether oxygens (including phenoxy) is 3. The van der Waals surface area contributed by atoms with Crippen molar-refractivity contribution in [2.45, 2.75) is 31.3 Å². The molecule has 4 nitrogen and oxygen atoms in total. The number of hydrogen-bond donors (Lipinski definition) is 1. The topological polar surface area (TPSA) is 47.9 Å². The number of halogens is 1. The normalized spacial score (nSPS) is 20.5. The molecule has 0 saturated heterocycles. The first-order chi connectivity index (χ1) is 23.0. The van der Waals surface area contributed by atoms with Gasteiger partial charge < -0.3 is 19.3 Å². The van der Waals surface area contributed by atoms with E-state index in [0.29, 0.717) is 28.3 Å². The predicted molar refractivity (Wildman–Crippen MR) is 205 cm³/mol. The number of rotatable bonds is 9. The fourth-order valence-electron chi connectivity index (χ4n) is 7.19. The summed E-state index contributed by atoms with van der Waals surface area (Å²) in [4.78, 5) is 0. The number of alkyl halides is 1. The number of benzene rings is 5. The first-order valence-corrected chi connectivity index (χ1v) is 20.1. The molecule has 0 amide bonds. The van der Waals surface area contributed by atoms with Gasteiger partial charge in [0.2, 0.25) is 6.79 Å². The lowest BCUT2D eigenvalue weighted by molar-refractivity contribution is 0.160. The Morgan fingerprint density at radius 2 is 1.26 bits per heavy atom. The van der Waals surface area contributed by atoms with E-state index in [-0.39, 0.29) is 12.7 Å². The van der Waals surface area contributed by atoms with Crippen molar-refractivity contribution in [3.05, 3.63) is 151 Å². The van der Waals surface area contributed by atoms with Crippen molar-refractivity contribution in [1.82, 2.24) is 0 Å². The first-order valence-electron chi connectivity index (χ1n) is 15.9. The van der Waals surface area contributed by atoms with E-state index in [9.17, 15) is 5.11 Å². The second-order valence-electron chi connectivity index (χ2n) is 12.1. The van der Waals surface area contributed by atoms with Crippen LogP contribution in [0, 0.1) is 5.92 Å². The summed E-state index contributed by atoms with van der Waals surface area (Å²) in [5, 5.41) is 18.4. The fourth-order valence-corrected chi connectivity index (χ4v) is 13.4. The lowest BCUT2D eigenvalue weighted by Gasteiger charge is -2.51. The highest BCUT2D eigenvalue weighted by Gasteiger charge is 2.55. The lowest BCUT2D eigenvalue weighted by Crippen LogP contribution is -2.48. The monoisotopic (exact) mass is 770 g/mol. The fraction of sp³-hybridized carbons (Fsp3) is 0.200. The van der Waals surface area contributed by atoms with Crippen LogP contribution in [0.3, 0.4) is 0 Å². The molecule has 0 aromatic heterocycles. The van der Waals surface area contributed by atoms with Gasteiger partial charge in [-0.1, -0.05) is 135 Å². The third-order valence-corrected chi connectivity index (χ3v) is 15.6. The van der Waals surface area contributed by atoms with Crippen LogP contribution in [0.5, 0.6) is 11.5 Å². The Kier molecular flexibility index (Phi) is 9.59. The minimum Gasteiger partial charge on any atom is -0.508 e. The number of hydrogen-bond acceptors (Lipinski definition) is 4. The van der Waals surface area contributed by atoms with Gasteiger partial charge >= 0.3 is 0 Å². The molecule has 5 aromatic carbocycles. The van der Waals surface area contributed by atoms with Crippen molar-refractivity contribution < 1.29 is 19.3 Å². The minimum atomic E-state index is -1.03. The SMILES string of the molecule is CC1CC(OCI)=C(O)C(c2c(P(c3ccccc3)c3ccccc3)ccc3c2OCO3)C1(C)P(c1ccccc1)c1ccccc1. The van der Waals surface area contributed by atoms with Gasteiger partial charge in [-0.25, -0.2) is 0 Å². The molecule has 1 N–H and O–H groups in total. The van der Waals surface area contributed by atoms with E-state index in [1.54, 1.807) is 0 Å². The summed E-state index contributed by atoms with van der Waals surface area (Å²) < 4.78 is 19.2. The molecule has 0 spiro atoms. The molecule has 1 aliphatic carbocycles. The summed E-state index contributed by atoms with van der Waals surface area (Å²) in [6, 6.07) is 47.4. The van der Waals surface area contributed by atoms with Crippen molar-refractivity contribution in [2.24, 2.45) is 5.92 Å². The molecule has 0 fully saturated rings. The second kappa shape index (κ2) is 14.0. The van der Waals surface area contributed by atoms with Crippen LogP contribution in [-0.4, -0.2) is 21.7 Å². The number of aliphatic hydroxyl groups is 1. The van der Waals surface area contributed by atoms with Crippen LogP contribution >= 0.6 is 38.4 Å². The Morgan fingerprint density at radius 3 is 1.77 bits per heavy atom. The highest BCUT2D eigenvalue weighted by Crippen LogP contribution is 2.65. The van der Waals surface area contributed by atoms with Gasteiger partial charge in [0.1, 0.15) is 16.1 Å². The number of fused-ring (bicyclic) bond motifs is 1. The van der Waals surface area contributed by atoms with Gasteiger partial charge in [-0.15, -0.1) is 0 Å². The summed E-state index contributed by atoms with van der Waals surface area (Å²) in [5.41, 5.74) is 0.999. The minimum absolute atomic E-state index is 0.146. The Labute approximate surface area is 293 Å². The van der Waals surface area contributed by atoms with Gasteiger partial charge in [0.15, 0.2) is 11.5 Å². The third-order valence-electron chi connectivity index (χ3n) is 9.49. The smallest absolute Gasteiger partial charge is 0.231 e. The largest absolute Gasteiger partial charge is 0.508 e. The number of allylic oxidation sites excluding steroid dienone is 2. The molecule has 7 heteroatoms. The molecule has 0 saturated carbocycles. The highest BCUT2D eigenvalue weighted by molar-refractivity contribution is 14.1. The van der Waals surface area contributed by atoms with Gasteiger partial charge in [0.05, 0.1) is 5.92 Å². The van der Waals surface area contributed by atoms with Crippen LogP contribution < -0.4 is 36.0 Å². The van der Waals surface area contributed by atoms with Crippen LogP contribution in [0.2, 0.25) is 0 Å². The van der Waals surface area contributed by atoms with E-state index in [1.807, 2.05) is 6.07 Å². The Morgan fingerprint density at radius 1 is 0.745 bits per heavy atom. The summed E-state index contributed by atoms with van der Waals surface area (Å²) in [6.45, 7) is 4.86. The van der Waals surface area contributed by atoms with E-state index < -0.39 is 26.9 Å². The molecular weight excluding hydrogens is 733 g/mol. The average Bonchev–Trinajstić information content (AvgIpc) is 3.60. The van der Waals surface area contributed by atoms with Gasteiger partial charge in [0.25, 0.3) is 0 Å². The summed E-state index contributed by atoms with van der Waals surface area (Å²) in [7, 11) is -2.02. The number of aliphatic hydroxyl groups excluding tert-OH is 1.